The molecule has 1 amide bonds. The molecule has 0 aliphatic heterocycles. The highest BCUT2D eigenvalue weighted by Gasteiger charge is 2.15. The molecule has 0 aliphatic carbocycles. The lowest BCUT2D eigenvalue weighted by Gasteiger charge is -2.10. The number of carbonyl (C=O) groups is 1. The summed E-state index contributed by atoms with van der Waals surface area (Å²) in [5.41, 5.74) is 2.38. The molecule has 2 aromatic carbocycles. The van der Waals surface area contributed by atoms with Gasteiger partial charge < -0.3 is 14.6 Å². The number of rotatable bonds is 7. The first kappa shape index (κ1) is 20.2. The van der Waals surface area contributed by atoms with Gasteiger partial charge in [-0.05, 0) is 25.1 Å². The average Bonchev–Trinajstić information content (AvgIpc) is 2.61. The van der Waals surface area contributed by atoms with Crippen LogP contribution in [0.3, 0.4) is 0 Å². The maximum atomic E-state index is 11.8. The maximum Gasteiger partial charge on any atom is 0.277 e. The summed E-state index contributed by atoms with van der Waals surface area (Å²) in [4.78, 5) is 11.8. The molecule has 0 saturated heterocycles. The SMILES string of the molecule is CCOc1cc(Cl)c(Cl)c(/C=N/NC(=O)COc2cccc(Cl)c2)c1O. The third kappa shape index (κ3) is 5.42. The number of phenols is 1. The molecule has 26 heavy (non-hydrogen) atoms. The van der Waals surface area contributed by atoms with Crippen LogP contribution in [0.4, 0.5) is 0 Å². The predicted octanol–water partition coefficient (Wildman–Crippen LogP) is 4.28. The van der Waals surface area contributed by atoms with E-state index in [1.165, 1.54) is 12.3 Å². The number of hydrogen-bond acceptors (Lipinski definition) is 5. The summed E-state index contributed by atoms with van der Waals surface area (Å²) in [7, 11) is 0. The van der Waals surface area contributed by atoms with Gasteiger partial charge in [0.15, 0.2) is 18.1 Å². The van der Waals surface area contributed by atoms with Crippen LogP contribution in [0.25, 0.3) is 0 Å². The molecule has 6 nitrogen and oxygen atoms in total. The Hall–Kier alpha value is -2.15. The zero-order chi connectivity index (χ0) is 19.1. The second-order valence-electron chi connectivity index (χ2n) is 4.91. The van der Waals surface area contributed by atoms with Crippen molar-refractivity contribution in [3.63, 3.8) is 0 Å². The van der Waals surface area contributed by atoms with E-state index < -0.39 is 5.91 Å². The molecule has 0 heterocycles. The van der Waals surface area contributed by atoms with Crippen LogP contribution in [0.2, 0.25) is 15.1 Å². The fraction of sp³-hybridized carbons (Fsp3) is 0.176. The Morgan fingerprint density at radius 3 is 2.73 bits per heavy atom. The number of nitrogens with one attached hydrogen (secondary N) is 1. The normalized spacial score (nSPS) is 10.8. The van der Waals surface area contributed by atoms with Crippen molar-refractivity contribution in [2.45, 2.75) is 6.92 Å². The zero-order valence-electron chi connectivity index (χ0n) is 13.6. The molecule has 2 N–H and O–H groups in total. The van der Waals surface area contributed by atoms with E-state index in [0.29, 0.717) is 17.4 Å². The Morgan fingerprint density at radius 2 is 2.04 bits per heavy atom. The van der Waals surface area contributed by atoms with Gasteiger partial charge in [0.1, 0.15) is 5.75 Å². The molecule has 0 fully saturated rings. The van der Waals surface area contributed by atoms with E-state index in [1.807, 2.05) is 0 Å². The first-order chi connectivity index (χ1) is 12.4. The average molecular weight is 418 g/mol. The van der Waals surface area contributed by atoms with Gasteiger partial charge in [0.05, 0.1) is 28.4 Å². The van der Waals surface area contributed by atoms with Gasteiger partial charge in [0.2, 0.25) is 0 Å². The summed E-state index contributed by atoms with van der Waals surface area (Å²) in [6.45, 7) is 1.83. The molecule has 2 rings (SSSR count). The monoisotopic (exact) mass is 416 g/mol. The summed E-state index contributed by atoms with van der Waals surface area (Å²) >= 11 is 17.9. The fourth-order valence-electron chi connectivity index (χ4n) is 1.90. The molecule has 0 bridgehead atoms. The Kier molecular flexibility index (Phi) is 7.38. The minimum atomic E-state index is -0.510. The molecule has 2 aromatic rings. The standard InChI is InChI=1S/C17H15Cl3N2O4/c1-2-25-14-7-13(19)16(20)12(17(14)24)8-21-22-15(23)9-26-11-5-3-4-10(18)6-11/h3-8,24H,2,9H2,1H3,(H,22,23)/b21-8+. The van der Waals surface area contributed by atoms with Gasteiger partial charge in [-0.1, -0.05) is 40.9 Å². The van der Waals surface area contributed by atoms with Crippen molar-refractivity contribution < 1.29 is 19.4 Å². The van der Waals surface area contributed by atoms with Crippen LogP contribution >= 0.6 is 34.8 Å². The molecule has 0 unspecified atom stereocenters. The first-order valence-electron chi connectivity index (χ1n) is 7.46. The second-order valence-corrected chi connectivity index (χ2v) is 6.13. The third-order valence-corrected chi connectivity index (χ3v) is 4.08. The summed E-state index contributed by atoms with van der Waals surface area (Å²) in [6, 6.07) is 8.04. The largest absolute Gasteiger partial charge is 0.504 e. The van der Waals surface area contributed by atoms with Gasteiger partial charge in [-0.2, -0.15) is 5.10 Å². The van der Waals surface area contributed by atoms with Crippen LogP contribution in [-0.2, 0) is 4.79 Å². The van der Waals surface area contributed by atoms with Crippen LogP contribution in [0.15, 0.2) is 35.4 Å². The molecule has 0 aromatic heterocycles. The minimum absolute atomic E-state index is 0.0841. The number of hydrogen-bond donors (Lipinski definition) is 2. The molecule has 0 radical (unpaired) electrons. The van der Waals surface area contributed by atoms with E-state index in [2.05, 4.69) is 10.5 Å². The van der Waals surface area contributed by atoms with Gasteiger partial charge in [-0.15, -0.1) is 0 Å². The van der Waals surface area contributed by atoms with Crippen molar-refractivity contribution in [3.8, 4) is 17.2 Å². The third-order valence-electron chi connectivity index (χ3n) is 3.04. The lowest BCUT2D eigenvalue weighted by molar-refractivity contribution is -0.123. The van der Waals surface area contributed by atoms with E-state index in [0.717, 1.165) is 0 Å². The van der Waals surface area contributed by atoms with Crippen LogP contribution in [0.5, 0.6) is 17.2 Å². The Balaban J connectivity index is 2.00. The highest BCUT2D eigenvalue weighted by molar-refractivity contribution is 6.43. The molecule has 0 atom stereocenters. The number of ether oxygens (including phenoxy) is 2. The van der Waals surface area contributed by atoms with E-state index in [-0.39, 0.29) is 33.7 Å². The number of benzene rings is 2. The van der Waals surface area contributed by atoms with Crippen molar-refractivity contribution >= 4 is 46.9 Å². The van der Waals surface area contributed by atoms with Gasteiger partial charge >= 0.3 is 0 Å². The number of hydrazone groups is 1. The topological polar surface area (TPSA) is 80.2 Å². The van der Waals surface area contributed by atoms with Crippen LogP contribution in [0.1, 0.15) is 12.5 Å². The quantitative estimate of drug-likeness (QED) is 0.520. The lowest BCUT2D eigenvalue weighted by Crippen LogP contribution is -2.24. The smallest absolute Gasteiger partial charge is 0.277 e. The van der Waals surface area contributed by atoms with Gasteiger partial charge in [-0.25, -0.2) is 5.43 Å². The van der Waals surface area contributed by atoms with E-state index in [1.54, 1.807) is 31.2 Å². The molecule has 0 saturated carbocycles. The fourth-order valence-corrected chi connectivity index (χ4v) is 2.48. The highest BCUT2D eigenvalue weighted by atomic mass is 35.5. The number of halogens is 3. The summed E-state index contributed by atoms with van der Waals surface area (Å²) in [5.74, 6) is -0.120. The lowest BCUT2D eigenvalue weighted by atomic mass is 10.2. The molecular weight excluding hydrogens is 403 g/mol. The van der Waals surface area contributed by atoms with Gasteiger partial charge in [-0.3, -0.25) is 4.79 Å². The first-order valence-corrected chi connectivity index (χ1v) is 8.59. The van der Waals surface area contributed by atoms with E-state index in [4.69, 9.17) is 44.3 Å². The Bertz CT molecular complexity index is 828. The molecule has 0 aliphatic rings. The zero-order valence-corrected chi connectivity index (χ0v) is 15.9. The maximum absolute atomic E-state index is 11.8. The molecule has 9 heteroatoms. The van der Waals surface area contributed by atoms with Crippen LogP contribution in [-0.4, -0.2) is 30.4 Å². The van der Waals surface area contributed by atoms with Crippen molar-refractivity contribution in [2.75, 3.05) is 13.2 Å². The Labute approximate surface area is 165 Å². The Morgan fingerprint density at radius 1 is 1.27 bits per heavy atom. The van der Waals surface area contributed by atoms with Crippen LogP contribution < -0.4 is 14.9 Å². The van der Waals surface area contributed by atoms with Crippen molar-refractivity contribution in [1.82, 2.24) is 5.43 Å². The minimum Gasteiger partial charge on any atom is -0.504 e. The second kappa shape index (κ2) is 9.52. The number of amides is 1. The van der Waals surface area contributed by atoms with Crippen LogP contribution in [0, 0.1) is 0 Å². The molecular formula is C17H15Cl3N2O4. The van der Waals surface area contributed by atoms with E-state index in [9.17, 15) is 9.90 Å². The number of phenolic OH excluding ortho intramolecular Hbond substituents is 1. The van der Waals surface area contributed by atoms with Gasteiger partial charge in [0.25, 0.3) is 5.91 Å². The van der Waals surface area contributed by atoms with Crippen molar-refractivity contribution in [3.05, 3.63) is 51.0 Å². The summed E-state index contributed by atoms with van der Waals surface area (Å²) in [5, 5.41) is 14.7. The van der Waals surface area contributed by atoms with E-state index >= 15 is 0 Å². The van der Waals surface area contributed by atoms with Gasteiger partial charge in [0, 0.05) is 11.1 Å². The van der Waals surface area contributed by atoms with Crippen molar-refractivity contribution in [1.29, 1.82) is 0 Å². The molecule has 138 valence electrons. The highest BCUT2D eigenvalue weighted by Crippen LogP contribution is 2.39. The number of carbonyl (C=O) groups excluding carboxylic acids is 1. The summed E-state index contributed by atoms with van der Waals surface area (Å²) in [6.07, 6.45) is 1.17. The molecule has 0 spiro atoms. The number of nitrogens with zero attached hydrogens (tertiary/aromatic N) is 1. The number of aromatic hydroxyl groups is 1. The van der Waals surface area contributed by atoms with Crippen molar-refractivity contribution in [2.24, 2.45) is 5.10 Å². The predicted molar refractivity (Wildman–Crippen MR) is 102 cm³/mol. The summed E-state index contributed by atoms with van der Waals surface area (Å²) < 4.78 is 10.5.